The Morgan fingerprint density at radius 3 is 1.81 bits per heavy atom. The van der Waals surface area contributed by atoms with Crippen molar-refractivity contribution in [2.24, 2.45) is 5.73 Å². The summed E-state index contributed by atoms with van der Waals surface area (Å²) in [7, 11) is 2.93. The van der Waals surface area contributed by atoms with E-state index in [1.807, 2.05) is 26.0 Å². The molecule has 0 aliphatic rings. The van der Waals surface area contributed by atoms with Gasteiger partial charge in [0.25, 0.3) is 0 Å². The lowest BCUT2D eigenvalue weighted by molar-refractivity contribution is 0.319. The van der Waals surface area contributed by atoms with E-state index in [9.17, 15) is 0 Å². The van der Waals surface area contributed by atoms with Crippen LogP contribution in [-0.4, -0.2) is 29.2 Å². The molecule has 1 aromatic carbocycles. The van der Waals surface area contributed by atoms with Crippen LogP contribution < -0.4 is 19.9 Å². The number of benzene rings is 1. The zero-order chi connectivity index (χ0) is 15.4. The molecule has 0 amide bonds. The van der Waals surface area contributed by atoms with Crippen molar-refractivity contribution in [2.45, 2.75) is 20.4 Å². The van der Waals surface area contributed by atoms with Crippen molar-refractivity contribution < 1.29 is 14.2 Å². The van der Waals surface area contributed by atoms with Gasteiger partial charge in [0.15, 0.2) is 0 Å². The van der Waals surface area contributed by atoms with Gasteiger partial charge in [-0.25, -0.2) is 0 Å². The van der Waals surface area contributed by atoms with Crippen molar-refractivity contribution in [3.05, 3.63) is 28.8 Å². The SMILES string of the molecule is COc1nc(OC)nc(Oc2c(C)cc(CN)cc2C)n1. The molecule has 2 rings (SSSR count). The summed E-state index contributed by atoms with van der Waals surface area (Å²) in [5.41, 5.74) is 8.61. The third-order valence-electron chi connectivity index (χ3n) is 2.89. The molecular formula is C14H18N4O3. The lowest BCUT2D eigenvalue weighted by Gasteiger charge is -2.12. The summed E-state index contributed by atoms with van der Waals surface area (Å²) in [4.78, 5) is 12.0. The lowest BCUT2D eigenvalue weighted by Crippen LogP contribution is -2.03. The predicted molar refractivity (Wildman–Crippen MR) is 76.8 cm³/mol. The highest BCUT2D eigenvalue weighted by molar-refractivity contribution is 5.44. The quantitative estimate of drug-likeness (QED) is 0.896. The maximum Gasteiger partial charge on any atom is 0.331 e. The molecule has 0 spiro atoms. The summed E-state index contributed by atoms with van der Waals surface area (Å²) < 4.78 is 15.7. The highest BCUT2D eigenvalue weighted by Gasteiger charge is 2.13. The largest absolute Gasteiger partial charge is 0.467 e. The van der Waals surface area contributed by atoms with Crippen molar-refractivity contribution in [1.29, 1.82) is 0 Å². The molecule has 0 aliphatic heterocycles. The maximum absolute atomic E-state index is 5.76. The molecule has 0 saturated heterocycles. The Morgan fingerprint density at radius 1 is 0.905 bits per heavy atom. The van der Waals surface area contributed by atoms with E-state index < -0.39 is 0 Å². The predicted octanol–water partition coefficient (Wildman–Crippen LogP) is 1.76. The fourth-order valence-corrected chi connectivity index (χ4v) is 1.96. The van der Waals surface area contributed by atoms with Gasteiger partial charge in [-0.2, -0.15) is 0 Å². The van der Waals surface area contributed by atoms with E-state index >= 15 is 0 Å². The Labute approximate surface area is 123 Å². The van der Waals surface area contributed by atoms with E-state index in [1.165, 1.54) is 14.2 Å². The van der Waals surface area contributed by atoms with Gasteiger partial charge in [0.2, 0.25) is 0 Å². The molecule has 1 heterocycles. The minimum Gasteiger partial charge on any atom is -0.467 e. The second-order valence-corrected chi connectivity index (χ2v) is 4.46. The number of aromatic nitrogens is 3. The van der Waals surface area contributed by atoms with Gasteiger partial charge >= 0.3 is 18.0 Å². The van der Waals surface area contributed by atoms with Crippen LogP contribution in [0.4, 0.5) is 0 Å². The first-order valence-electron chi connectivity index (χ1n) is 6.39. The molecule has 2 aromatic rings. The number of rotatable bonds is 5. The molecule has 7 heteroatoms. The standard InChI is InChI=1S/C14H18N4O3/c1-8-5-10(7-15)6-9(2)11(8)21-14-17-12(19-3)16-13(18-14)20-4/h5-6H,7,15H2,1-4H3. The smallest absolute Gasteiger partial charge is 0.331 e. The summed E-state index contributed by atoms with van der Waals surface area (Å²) in [6.07, 6.45) is 0. The normalized spacial score (nSPS) is 10.3. The molecule has 2 N–H and O–H groups in total. The Kier molecular flexibility index (Phi) is 4.54. The second-order valence-electron chi connectivity index (χ2n) is 4.46. The molecule has 0 saturated carbocycles. The molecule has 0 radical (unpaired) electrons. The fourth-order valence-electron chi connectivity index (χ4n) is 1.96. The Bertz CT molecular complexity index is 601. The van der Waals surface area contributed by atoms with Crippen molar-refractivity contribution in [3.63, 3.8) is 0 Å². The van der Waals surface area contributed by atoms with Crippen LogP contribution in [0.2, 0.25) is 0 Å². The van der Waals surface area contributed by atoms with Crippen molar-refractivity contribution >= 4 is 0 Å². The monoisotopic (exact) mass is 290 g/mol. The molecule has 21 heavy (non-hydrogen) atoms. The molecule has 1 aromatic heterocycles. The van der Waals surface area contributed by atoms with E-state index in [4.69, 9.17) is 19.9 Å². The van der Waals surface area contributed by atoms with Gasteiger partial charge < -0.3 is 19.9 Å². The van der Waals surface area contributed by atoms with E-state index in [-0.39, 0.29) is 18.0 Å². The van der Waals surface area contributed by atoms with Crippen LogP contribution in [-0.2, 0) is 6.54 Å². The minimum absolute atomic E-state index is 0.116. The fraction of sp³-hybridized carbons (Fsp3) is 0.357. The Hall–Kier alpha value is -2.41. The number of nitrogens with zero attached hydrogens (tertiary/aromatic N) is 3. The average molecular weight is 290 g/mol. The number of hydrogen-bond donors (Lipinski definition) is 1. The van der Waals surface area contributed by atoms with E-state index in [0.717, 1.165) is 16.7 Å². The molecule has 0 unspecified atom stereocenters. The summed E-state index contributed by atoms with van der Waals surface area (Å²) in [6, 6.07) is 4.32. The van der Waals surface area contributed by atoms with Gasteiger partial charge in [0.1, 0.15) is 5.75 Å². The van der Waals surface area contributed by atoms with Crippen LogP contribution in [0.25, 0.3) is 0 Å². The van der Waals surface area contributed by atoms with Crippen LogP contribution in [0.15, 0.2) is 12.1 Å². The summed E-state index contributed by atoms with van der Waals surface area (Å²) in [6.45, 7) is 4.36. The Morgan fingerprint density at radius 2 is 1.38 bits per heavy atom. The van der Waals surface area contributed by atoms with Crippen LogP contribution >= 0.6 is 0 Å². The summed E-state index contributed by atoms with van der Waals surface area (Å²) in [5.74, 6) is 0.683. The molecule has 112 valence electrons. The number of ether oxygens (including phenoxy) is 3. The van der Waals surface area contributed by atoms with E-state index in [1.54, 1.807) is 0 Å². The summed E-state index contributed by atoms with van der Waals surface area (Å²) in [5, 5.41) is 0. The highest BCUT2D eigenvalue weighted by Crippen LogP contribution is 2.29. The molecule has 7 nitrogen and oxygen atoms in total. The molecular weight excluding hydrogens is 272 g/mol. The molecule has 0 fully saturated rings. The maximum atomic E-state index is 5.76. The van der Waals surface area contributed by atoms with Gasteiger partial charge in [0, 0.05) is 6.54 Å². The van der Waals surface area contributed by atoms with Crippen LogP contribution in [0.3, 0.4) is 0 Å². The van der Waals surface area contributed by atoms with Gasteiger partial charge in [-0.1, -0.05) is 12.1 Å². The Balaban J connectivity index is 2.38. The minimum atomic E-state index is 0.116. The second kappa shape index (κ2) is 6.36. The van der Waals surface area contributed by atoms with E-state index in [0.29, 0.717) is 12.3 Å². The zero-order valence-electron chi connectivity index (χ0n) is 12.5. The van der Waals surface area contributed by atoms with Gasteiger partial charge in [-0.15, -0.1) is 15.0 Å². The van der Waals surface area contributed by atoms with Crippen molar-refractivity contribution in [3.8, 4) is 23.8 Å². The molecule has 0 bridgehead atoms. The van der Waals surface area contributed by atoms with Crippen LogP contribution in [0.1, 0.15) is 16.7 Å². The third-order valence-corrected chi connectivity index (χ3v) is 2.89. The summed E-state index contributed by atoms with van der Waals surface area (Å²) >= 11 is 0. The van der Waals surface area contributed by atoms with Crippen molar-refractivity contribution in [1.82, 2.24) is 15.0 Å². The first kappa shape index (κ1) is 15.0. The highest BCUT2D eigenvalue weighted by atomic mass is 16.5. The third kappa shape index (κ3) is 3.38. The van der Waals surface area contributed by atoms with Crippen LogP contribution in [0, 0.1) is 13.8 Å². The molecule has 0 aliphatic carbocycles. The number of aryl methyl sites for hydroxylation is 2. The lowest BCUT2D eigenvalue weighted by atomic mass is 10.1. The van der Waals surface area contributed by atoms with Gasteiger partial charge in [0.05, 0.1) is 14.2 Å². The van der Waals surface area contributed by atoms with Gasteiger partial charge in [-0.05, 0) is 30.5 Å². The van der Waals surface area contributed by atoms with Crippen LogP contribution in [0.5, 0.6) is 23.8 Å². The topological polar surface area (TPSA) is 92.4 Å². The number of methoxy groups -OCH3 is 2. The van der Waals surface area contributed by atoms with Gasteiger partial charge in [-0.3, -0.25) is 0 Å². The zero-order valence-corrected chi connectivity index (χ0v) is 12.5. The van der Waals surface area contributed by atoms with Crippen molar-refractivity contribution in [2.75, 3.05) is 14.2 Å². The molecule has 0 atom stereocenters. The first-order valence-corrected chi connectivity index (χ1v) is 6.39. The number of nitrogens with two attached hydrogens (primary N) is 1. The first-order chi connectivity index (χ1) is 10.1. The number of hydrogen-bond acceptors (Lipinski definition) is 7. The average Bonchev–Trinajstić information content (AvgIpc) is 2.50. The van der Waals surface area contributed by atoms with E-state index in [2.05, 4.69) is 15.0 Å².